The Balaban J connectivity index is 2.28. The number of hydrogen-bond donors (Lipinski definition) is 1. The molecule has 0 spiro atoms. The Morgan fingerprint density at radius 2 is 2.20 bits per heavy atom. The van der Waals surface area contributed by atoms with E-state index >= 15 is 0 Å². The van der Waals surface area contributed by atoms with Crippen LogP contribution in [0.5, 0.6) is 0 Å². The molecule has 0 aliphatic carbocycles. The lowest BCUT2D eigenvalue weighted by molar-refractivity contribution is -0.0751. The van der Waals surface area contributed by atoms with Crippen molar-refractivity contribution in [2.45, 2.75) is 58.8 Å². The van der Waals surface area contributed by atoms with Crippen LogP contribution >= 0.6 is 0 Å². The summed E-state index contributed by atoms with van der Waals surface area (Å²) >= 11 is 0. The number of anilines is 1. The third-order valence-corrected chi connectivity index (χ3v) is 3.56. The van der Waals surface area contributed by atoms with Gasteiger partial charge in [0.05, 0.1) is 11.7 Å². The minimum Gasteiger partial charge on any atom is -0.369 e. The van der Waals surface area contributed by atoms with Crippen molar-refractivity contribution < 1.29 is 4.74 Å². The molecule has 1 aliphatic heterocycles. The molecule has 20 heavy (non-hydrogen) atoms. The summed E-state index contributed by atoms with van der Waals surface area (Å²) in [5.74, 6) is 1.04. The monoisotopic (exact) mass is 277 g/mol. The van der Waals surface area contributed by atoms with Crippen molar-refractivity contribution in [1.82, 2.24) is 4.98 Å². The van der Waals surface area contributed by atoms with Crippen LogP contribution in [0.3, 0.4) is 0 Å². The first-order valence-electron chi connectivity index (χ1n) is 7.56. The van der Waals surface area contributed by atoms with E-state index in [-0.39, 0.29) is 11.7 Å². The average molecular weight is 277 g/mol. The van der Waals surface area contributed by atoms with E-state index in [1.54, 1.807) is 0 Å². The predicted octanol–water partition coefficient (Wildman–Crippen LogP) is 2.50. The molecule has 4 nitrogen and oxygen atoms in total. The molecule has 2 rings (SSSR count). The fraction of sp³-hybridized carbons (Fsp3) is 0.688. The fourth-order valence-electron chi connectivity index (χ4n) is 2.93. The summed E-state index contributed by atoms with van der Waals surface area (Å²) in [6, 6.07) is 4.25. The van der Waals surface area contributed by atoms with Gasteiger partial charge in [0.1, 0.15) is 5.82 Å². The van der Waals surface area contributed by atoms with E-state index in [1.165, 1.54) is 0 Å². The number of rotatable bonds is 4. The zero-order valence-corrected chi connectivity index (χ0v) is 13.1. The lowest BCUT2D eigenvalue weighted by Gasteiger charge is -2.42. The molecule has 1 aliphatic rings. The number of ether oxygens (including phenoxy) is 1. The molecule has 0 aromatic carbocycles. The highest BCUT2D eigenvalue weighted by Gasteiger charge is 2.32. The van der Waals surface area contributed by atoms with Gasteiger partial charge in [-0.05, 0) is 44.9 Å². The average Bonchev–Trinajstić information content (AvgIpc) is 2.36. The summed E-state index contributed by atoms with van der Waals surface area (Å²) in [4.78, 5) is 7.14. The van der Waals surface area contributed by atoms with Crippen LogP contribution in [0.4, 0.5) is 5.82 Å². The summed E-state index contributed by atoms with van der Waals surface area (Å²) < 4.78 is 5.97. The Bertz CT molecular complexity index is 459. The Labute approximate surface area is 122 Å². The zero-order valence-electron chi connectivity index (χ0n) is 13.1. The highest BCUT2D eigenvalue weighted by atomic mass is 16.5. The smallest absolute Gasteiger partial charge is 0.129 e. The van der Waals surface area contributed by atoms with E-state index < -0.39 is 0 Å². The maximum atomic E-state index is 5.97. The molecule has 1 fully saturated rings. The van der Waals surface area contributed by atoms with Gasteiger partial charge in [0.25, 0.3) is 0 Å². The molecular formula is C16H27N3O. The zero-order chi connectivity index (χ0) is 14.8. The molecule has 0 bridgehead atoms. The molecule has 1 unspecified atom stereocenters. The Kier molecular flexibility index (Phi) is 4.66. The molecular weight excluding hydrogens is 250 g/mol. The number of nitrogens with two attached hydrogens (primary N) is 1. The topological polar surface area (TPSA) is 51.4 Å². The summed E-state index contributed by atoms with van der Waals surface area (Å²) in [6.45, 7) is 10.9. The van der Waals surface area contributed by atoms with Gasteiger partial charge in [0, 0.05) is 25.3 Å². The van der Waals surface area contributed by atoms with Crippen molar-refractivity contribution >= 4 is 5.82 Å². The SMILES string of the molecule is CCCc1cc(CN)cc(N2CC(C)OC(C)(C)C2)n1. The minimum atomic E-state index is -0.136. The minimum absolute atomic E-state index is 0.136. The maximum absolute atomic E-state index is 5.97. The second-order valence-electron chi connectivity index (χ2n) is 6.35. The van der Waals surface area contributed by atoms with Crippen molar-refractivity contribution in [3.8, 4) is 0 Å². The molecule has 2 heterocycles. The van der Waals surface area contributed by atoms with E-state index in [0.29, 0.717) is 6.54 Å². The van der Waals surface area contributed by atoms with Crippen LogP contribution in [0.2, 0.25) is 0 Å². The molecule has 1 atom stereocenters. The lowest BCUT2D eigenvalue weighted by atomic mass is 10.0. The third kappa shape index (κ3) is 3.70. The van der Waals surface area contributed by atoms with Crippen molar-refractivity contribution in [2.75, 3.05) is 18.0 Å². The normalized spacial score (nSPS) is 22.1. The van der Waals surface area contributed by atoms with Gasteiger partial charge in [-0.15, -0.1) is 0 Å². The fourth-order valence-corrected chi connectivity index (χ4v) is 2.93. The van der Waals surface area contributed by atoms with Gasteiger partial charge in [-0.3, -0.25) is 0 Å². The Morgan fingerprint density at radius 1 is 1.45 bits per heavy atom. The number of aromatic nitrogens is 1. The van der Waals surface area contributed by atoms with Gasteiger partial charge in [0.2, 0.25) is 0 Å². The number of hydrogen-bond acceptors (Lipinski definition) is 4. The standard InChI is InChI=1S/C16H27N3O/c1-5-6-14-7-13(9-17)8-15(18-14)19-10-12(2)20-16(3,4)11-19/h7-8,12H,5-6,9-11,17H2,1-4H3. The van der Waals surface area contributed by atoms with E-state index in [1.807, 2.05) is 0 Å². The quantitative estimate of drug-likeness (QED) is 0.918. The van der Waals surface area contributed by atoms with Crippen LogP contribution in [-0.4, -0.2) is 29.8 Å². The molecule has 112 valence electrons. The molecule has 1 saturated heterocycles. The highest BCUT2D eigenvalue weighted by Crippen LogP contribution is 2.26. The number of nitrogens with zero attached hydrogens (tertiary/aromatic N) is 2. The van der Waals surface area contributed by atoms with Gasteiger partial charge in [-0.25, -0.2) is 4.98 Å². The summed E-state index contributed by atoms with van der Waals surface area (Å²) in [7, 11) is 0. The maximum Gasteiger partial charge on any atom is 0.129 e. The largest absolute Gasteiger partial charge is 0.369 e. The molecule has 1 aromatic heterocycles. The third-order valence-electron chi connectivity index (χ3n) is 3.56. The Morgan fingerprint density at radius 3 is 2.80 bits per heavy atom. The first-order valence-corrected chi connectivity index (χ1v) is 7.56. The molecule has 4 heteroatoms. The highest BCUT2D eigenvalue weighted by molar-refractivity contribution is 5.44. The van der Waals surface area contributed by atoms with Crippen molar-refractivity contribution in [1.29, 1.82) is 0 Å². The van der Waals surface area contributed by atoms with E-state index in [9.17, 15) is 0 Å². The molecule has 1 aromatic rings. The van der Waals surface area contributed by atoms with Gasteiger partial charge in [0.15, 0.2) is 0 Å². The van der Waals surface area contributed by atoms with Gasteiger partial charge in [-0.2, -0.15) is 0 Å². The molecule has 2 N–H and O–H groups in total. The second-order valence-corrected chi connectivity index (χ2v) is 6.35. The van der Waals surface area contributed by atoms with Crippen LogP contribution in [0.25, 0.3) is 0 Å². The number of aryl methyl sites for hydroxylation is 1. The number of morpholine rings is 1. The van der Waals surface area contributed by atoms with Crippen LogP contribution < -0.4 is 10.6 Å². The van der Waals surface area contributed by atoms with Crippen LogP contribution in [-0.2, 0) is 17.7 Å². The van der Waals surface area contributed by atoms with Gasteiger partial charge < -0.3 is 15.4 Å². The van der Waals surface area contributed by atoms with Crippen LogP contribution in [0.1, 0.15) is 45.4 Å². The molecule has 0 radical (unpaired) electrons. The first-order chi connectivity index (χ1) is 9.43. The summed E-state index contributed by atoms with van der Waals surface area (Å²) in [6.07, 6.45) is 2.33. The van der Waals surface area contributed by atoms with E-state index in [4.69, 9.17) is 15.5 Å². The van der Waals surface area contributed by atoms with Crippen molar-refractivity contribution in [2.24, 2.45) is 5.73 Å². The molecule has 0 amide bonds. The predicted molar refractivity (Wildman–Crippen MR) is 83.0 cm³/mol. The van der Waals surface area contributed by atoms with E-state index in [0.717, 1.165) is 43.0 Å². The second kappa shape index (κ2) is 6.10. The van der Waals surface area contributed by atoms with Crippen LogP contribution in [0.15, 0.2) is 12.1 Å². The van der Waals surface area contributed by atoms with Crippen molar-refractivity contribution in [3.05, 3.63) is 23.4 Å². The summed E-state index contributed by atoms with van der Waals surface area (Å²) in [5, 5.41) is 0. The van der Waals surface area contributed by atoms with Gasteiger partial charge in [-0.1, -0.05) is 13.3 Å². The number of pyridine rings is 1. The van der Waals surface area contributed by atoms with Crippen molar-refractivity contribution in [3.63, 3.8) is 0 Å². The first kappa shape index (κ1) is 15.3. The molecule has 0 saturated carbocycles. The van der Waals surface area contributed by atoms with E-state index in [2.05, 4.69) is 44.7 Å². The summed E-state index contributed by atoms with van der Waals surface area (Å²) in [5.41, 5.74) is 7.99. The Hall–Kier alpha value is -1.13. The lowest BCUT2D eigenvalue weighted by Crippen LogP contribution is -2.52. The van der Waals surface area contributed by atoms with Gasteiger partial charge >= 0.3 is 0 Å². The van der Waals surface area contributed by atoms with Crippen LogP contribution in [0, 0.1) is 0 Å².